The number of phenolic OH excluding ortho intramolecular Hbond substituents is 1. The van der Waals surface area contributed by atoms with E-state index in [1.165, 1.54) is 12.1 Å². The highest BCUT2D eigenvalue weighted by Gasteiger charge is 2.42. The number of carbonyl (C=O) groups is 2. The minimum absolute atomic E-state index is 0.494. The number of carbonyl (C=O) groups excluding carboxylic acids is 2. The maximum Gasteiger partial charge on any atom is 0.491 e. The number of ether oxygens (including phenoxy) is 2. The summed E-state index contributed by atoms with van der Waals surface area (Å²) in [5.74, 6) is -4.72. The smallest absolute Gasteiger partial charge is 0.491 e. The Morgan fingerprint density at radius 3 is 2.48 bits per heavy atom. The number of morpholine rings is 1. The molecule has 1 aromatic carbocycles. The molecule has 23 heavy (non-hydrogen) atoms. The lowest BCUT2D eigenvalue weighted by Gasteiger charge is -2.26. The zero-order valence-corrected chi connectivity index (χ0v) is 11.9. The molecule has 0 bridgehead atoms. The van der Waals surface area contributed by atoms with Crippen molar-refractivity contribution in [2.24, 2.45) is 0 Å². The van der Waals surface area contributed by atoms with Gasteiger partial charge in [-0.2, -0.15) is 13.2 Å². The lowest BCUT2D eigenvalue weighted by Crippen LogP contribution is -2.35. The van der Waals surface area contributed by atoms with Gasteiger partial charge in [0.25, 0.3) is 0 Å². The quantitative estimate of drug-likeness (QED) is 0.667. The predicted octanol–water partition coefficient (Wildman–Crippen LogP) is 1.47. The van der Waals surface area contributed by atoms with Crippen molar-refractivity contribution in [1.29, 1.82) is 0 Å². The molecule has 126 valence electrons. The predicted molar refractivity (Wildman–Crippen MR) is 70.7 cm³/mol. The maximum absolute atomic E-state index is 12.0. The highest BCUT2D eigenvalue weighted by atomic mass is 19.4. The van der Waals surface area contributed by atoms with E-state index in [0.717, 1.165) is 6.07 Å². The Labute approximate surface area is 129 Å². The van der Waals surface area contributed by atoms with Gasteiger partial charge in [0.1, 0.15) is 11.3 Å². The van der Waals surface area contributed by atoms with Gasteiger partial charge in [-0.3, -0.25) is 4.90 Å². The molecule has 0 aliphatic carbocycles. The summed E-state index contributed by atoms with van der Waals surface area (Å²) in [6.07, 6.45) is -5.28. The van der Waals surface area contributed by atoms with E-state index in [9.17, 15) is 27.9 Å². The molecule has 0 unspecified atom stereocenters. The van der Waals surface area contributed by atoms with Crippen LogP contribution in [0.15, 0.2) is 18.2 Å². The van der Waals surface area contributed by atoms with Gasteiger partial charge in [0.15, 0.2) is 0 Å². The molecule has 9 heteroatoms. The maximum atomic E-state index is 12.0. The Bertz CT molecular complexity index is 597. The van der Waals surface area contributed by atoms with E-state index < -0.39 is 29.4 Å². The Morgan fingerprint density at radius 2 is 1.91 bits per heavy atom. The average molecular weight is 333 g/mol. The standard InChI is InChI=1S/C14H14F3NO5/c15-14(16,17)13(21)23-12(20)10-2-1-9(7-11(10)19)8-18-3-5-22-6-4-18/h1-2,7,19H,3-6,8H2. The van der Waals surface area contributed by atoms with Crippen molar-refractivity contribution in [1.82, 2.24) is 4.90 Å². The molecular weight excluding hydrogens is 319 g/mol. The van der Waals surface area contributed by atoms with Gasteiger partial charge in [0.05, 0.1) is 13.2 Å². The summed E-state index contributed by atoms with van der Waals surface area (Å²) in [6.45, 7) is 3.11. The number of hydrogen-bond donors (Lipinski definition) is 1. The van der Waals surface area contributed by atoms with E-state index in [-0.39, 0.29) is 0 Å². The van der Waals surface area contributed by atoms with Gasteiger partial charge in [-0.1, -0.05) is 6.07 Å². The van der Waals surface area contributed by atoms with E-state index in [2.05, 4.69) is 9.64 Å². The van der Waals surface area contributed by atoms with Crippen LogP contribution in [-0.4, -0.2) is 54.4 Å². The van der Waals surface area contributed by atoms with E-state index in [4.69, 9.17) is 4.74 Å². The fraction of sp³-hybridized carbons (Fsp3) is 0.429. The molecule has 1 aliphatic rings. The van der Waals surface area contributed by atoms with Crippen LogP contribution in [0.2, 0.25) is 0 Å². The summed E-state index contributed by atoms with van der Waals surface area (Å²) in [5, 5.41) is 9.77. The third-order valence-electron chi connectivity index (χ3n) is 3.21. The number of hydrogen-bond acceptors (Lipinski definition) is 6. The summed E-state index contributed by atoms with van der Waals surface area (Å²) >= 11 is 0. The van der Waals surface area contributed by atoms with Crippen LogP contribution in [0.25, 0.3) is 0 Å². The van der Waals surface area contributed by atoms with Crippen LogP contribution in [0.3, 0.4) is 0 Å². The van der Waals surface area contributed by atoms with E-state index in [1.807, 2.05) is 0 Å². The lowest BCUT2D eigenvalue weighted by molar-refractivity contribution is -0.193. The summed E-state index contributed by atoms with van der Waals surface area (Å²) in [6, 6.07) is 3.85. The molecule has 0 amide bonds. The minimum atomic E-state index is -5.28. The molecule has 2 rings (SSSR count). The molecule has 0 atom stereocenters. The molecule has 0 spiro atoms. The van der Waals surface area contributed by atoms with Crippen molar-refractivity contribution in [3.63, 3.8) is 0 Å². The molecule has 0 aromatic heterocycles. The van der Waals surface area contributed by atoms with Gasteiger partial charge < -0.3 is 14.6 Å². The van der Waals surface area contributed by atoms with Crippen LogP contribution in [0.1, 0.15) is 15.9 Å². The normalized spacial score (nSPS) is 16.1. The second-order valence-electron chi connectivity index (χ2n) is 4.91. The zero-order valence-electron chi connectivity index (χ0n) is 11.9. The summed E-state index contributed by atoms with van der Waals surface area (Å²) in [5.41, 5.74) is 0.163. The minimum Gasteiger partial charge on any atom is -0.507 e. The molecular formula is C14H14F3NO5. The topological polar surface area (TPSA) is 76.1 Å². The van der Waals surface area contributed by atoms with Crippen LogP contribution >= 0.6 is 0 Å². The van der Waals surface area contributed by atoms with Crippen LogP contribution < -0.4 is 0 Å². The number of aromatic hydroxyl groups is 1. The number of nitrogens with zero attached hydrogens (tertiary/aromatic N) is 1. The SMILES string of the molecule is O=C(OC(=O)C(F)(F)F)c1ccc(CN2CCOCC2)cc1O. The second kappa shape index (κ2) is 6.97. The van der Waals surface area contributed by atoms with E-state index >= 15 is 0 Å². The Morgan fingerprint density at radius 1 is 1.26 bits per heavy atom. The second-order valence-corrected chi connectivity index (χ2v) is 4.91. The fourth-order valence-corrected chi connectivity index (χ4v) is 2.06. The number of benzene rings is 1. The van der Waals surface area contributed by atoms with Crippen LogP contribution in [-0.2, 0) is 20.8 Å². The first kappa shape index (κ1) is 17.2. The Hall–Kier alpha value is -2.13. The summed E-state index contributed by atoms with van der Waals surface area (Å²) in [4.78, 5) is 24.2. The highest BCUT2D eigenvalue weighted by molar-refractivity contribution is 5.99. The summed E-state index contributed by atoms with van der Waals surface area (Å²) in [7, 11) is 0. The molecule has 1 aliphatic heterocycles. The largest absolute Gasteiger partial charge is 0.507 e. The van der Waals surface area contributed by atoms with E-state index in [1.54, 1.807) is 0 Å². The van der Waals surface area contributed by atoms with Gasteiger partial charge in [0.2, 0.25) is 0 Å². The van der Waals surface area contributed by atoms with Gasteiger partial charge in [0, 0.05) is 19.6 Å². The number of halogens is 3. The van der Waals surface area contributed by atoms with Crippen molar-refractivity contribution in [3.05, 3.63) is 29.3 Å². The zero-order chi connectivity index (χ0) is 17.0. The molecule has 0 radical (unpaired) electrons. The van der Waals surface area contributed by atoms with Gasteiger partial charge >= 0.3 is 18.1 Å². The molecule has 1 aromatic rings. The van der Waals surface area contributed by atoms with Crippen molar-refractivity contribution in [2.75, 3.05) is 26.3 Å². The molecule has 1 fully saturated rings. The van der Waals surface area contributed by atoms with Crippen LogP contribution in [0.5, 0.6) is 5.75 Å². The van der Waals surface area contributed by atoms with E-state index in [0.29, 0.717) is 38.4 Å². The Balaban J connectivity index is 2.03. The highest BCUT2D eigenvalue weighted by Crippen LogP contribution is 2.23. The van der Waals surface area contributed by atoms with Gasteiger partial charge in [-0.25, -0.2) is 9.59 Å². The molecule has 1 saturated heterocycles. The number of esters is 2. The first-order chi connectivity index (χ1) is 10.8. The third-order valence-corrected chi connectivity index (χ3v) is 3.21. The third kappa shape index (κ3) is 4.67. The average Bonchev–Trinajstić information content (AvgIpc) is 2.47. The van der Waals surface area contributed by atoms with Crippen molar-refractivity contribution in [3.8, 4) is 5.75 Å². The number of phenols is 1. The molecule has 1 N–H and O–H groups in total. The van der Waals surface area contributed by atoms with Crippen LogP contribution in [0.4, 0.5) is 13.2 Å². The summed E-state index contributed by atoms with van der Waals surface area (Å²) < 4.78 is 45.0. The fourth-order valence-electron chi connectivity index (χ4n) is 2.06. The monoisotopic (exact) mass is 333 g/mol. The molecule has 0 saturated carbocycles. The first-order valence-electron chi connectivity index (χ1n) is 6.72. The molecule has 6 nitrogen and oxygen atoms in total. The number of alkyl halides is 3. The van der Waals surface area contributed by atoms with Gasteiger partial charge in [-0.05, 0) is 17.7 Å². The van der Waals surface area contributed by atoms with Crippen molar-refractivity contribution >= 4 is 11.9 Å². The Kier molecular flexibility index (Phi) is 5.22. The first-order valence-corrected chi connectivity index (χ1v) is 6.72. The van der Waals surface area contributed by atoms with Crippen molar-refractivity contribution < 1.29 is 37.3 Å². The van der Waals surface area contributed by atoms with Crippen LogP contribution in [0, 0.1) is 0 Å². The number of rotatable bonds is 3. The van der Waals surface area contributed by atoms with Crippen molar-refractivity contribution in [2.45, 2.75) is 12.7 Å². The lowest BCUT2D eigenvalue weighted by atomic mass is 10.1. The van der Waals surface area contributed by atoms with Gasteiger partial charge in [-0.15, -0.1) is 0 Å². The molecule has 1 heterocycles.